The Morgan fingerprint density at radius 3 is 2.21 bits per heavy atom. The summed E-state index contributed by atoms with van der Waals surface area (Å²) in [6, 6.07) is 25.1. The van der Waals surface area contributed by atoms with Crippen molar-refractivity contribution in [2.75, 3.05) is 7.05 Å². The lowest BCUT2D eigenvalue weighted by atomic mass is 10.1. The van der Waals surface area contributed by atoms with E-state index >= 15 is 0 Å². The fourth-order valence-corrected chi connectivity index (χ4v) is 3.67. The number of benzene rings is 3. The predicted octanol–water partition coefficient (Wildman–Crippen LogP) is 3.82. The van der Waals surface area contributed by atoms with Crippen LogP contribution in [0, 0.1) is 0 Å². The minimum atomic E-state index is -3.30. The molecule has 0 aliphatic carbocycles. The summed E-state index contributed by atoms with van der Waals surface area (Å²) in [7, 11) is -1.87. The zero-order chi connectivity index (χ0) is 19.8. The van der Waals surface area contributed by atoms with Gasteiger partial charge in [-0.15, -0.1) is 0 Å². The van der Waals surface area contributed by atoms with E-state index in [1.807, 2.05) is 78.9 Å². The van der Waals surface area contributed by atoms with E-state index < -0.39 is 10.0 Å². The zero-order valence-electron chi connectivity index (χ0n) is 15.8. The molecule has 0 aliphatic rings. The van der Waals surface area contributed by atoms with Crippen LogP contribution < -0.4 is 14.8 Å². The number of hydrogen-bond acceptors (Lipinski definition) is 4. The molecule has 0 saturated heterocycles. The van der Waals surface area contributed by atoms with Crippen molar-refractivity contribution in [2.24, 2.45) is 0 Å². The maximum Gasteiger partial charge on any atom is 0.215 e. The molecule has 0 aromatic heterocycles. The second kappa shape index (κ2) is 9.50. The van der Waals surface area contributed by atoms with Crippen molar-refractivity contribution < 1.29 is 13.2 Å². The molecule has 5 nitrogen and oxygen atoms in total. The lowest BCUT2D eigenvalue weighted by Gasteiger charge is -2.12. The molecule has 0 amide bonds. The van der Waals surface area contributed by atoms with Gasteiger partial charge in [-0.3, -0.25) is 0 Å². The topological polar surface area (TPSA) is 67.4 Å². The van der Waals surface area contributed by atoms with Gasteiger partial charge in [0.05, 0.1) is 5.75 Å². The molecule has 2 N–H and O–H groups in total. The van der Waals surface area contributed by atoms with E-state index in [4.69, 9.17) is 4.74 Å². The third-order valence-electron chi connectivity index (χ3n) is 4.30. The Hall–Kier alpha value is -2.67. The van der Waals surface area contributed by atoms with Gasteiger partial charge in [-0.05, 0) is 48.0 Å². The average molecular weight is 397 g/mol. The Morgan fingerprint density at radius 2 is 1.46 bits per heavy atom. The van der Waals surface area contributed by atoms with Gasteiger partial charge in [0.1, 0.15) is 11.5 Å². The standard InChI is InChI=1S/C22H24N2O3S/c1-23-28(25,26)17-20-10-6-5-9-19(20)16-24-15-18-8-7-13-22(14-18)27-21-11-3-2-4-12-21/h2-14,23-24H,15-17H2,1H3. The van der Waals surface area contributed by atoms with Crippen LogP contribution in [-0.4, -0.2) is 15.5 Å². The van der Waals surface area contributed by atoms with Gasteiger partial charge in [-0.2, -0.15) is 0 Å². The van der Waals surface area contributed by atoms with Crippen LogP contribution >= 0.6 is 0 Å². The first-order chi connectivity index (χ1) is 13.6. The Bertz CT molecular complexity index is 1010. The number of sulfonamides is 1. The molecule has 0 spiro atoms. The fraction of sp³-hybridized carbons (Fsp3) is 0.182. The highest BCUT2D eigenvalue weighted by Gasteiger charge is 2.11. The van der Waals surface area contributed by atoms with Gasteiger partial charge >= 0.3 is 0 Å². The van der Waals surface area contributed by atoms with Crippen molar-refractivity contribution in [1.82, 2.24) is 10.0 Å². The zero-order valence-corrected chi connectivity index (χ0v) is 16.6. The lowest BCUT2D eigenvalue weighted by molar-refractivity contribution is 0.481. The van der Waals surface area contributed by atoms with Crippen LogP contribution in [0.1, 0.15) is 16.7 Å². The molecule has 146 valence electrons. The second-order valence-electron chi connectivity index (χ2n) is 6.40. The first-order valence-electron chi connectivity index (χ1n) is 9.06. The predicted molar refractivity (Wildman–Crippen MR) is 112 cm³/mol. The van der Waals surface area contributed by atoms with Gasteiger partial charge < -0.3 is 10.1 Å². The van der Waals surface area contributed by atoms with E-state index in [-0.39, 0.29) is 5.75 Å². The van der Waals surface area contributed by atoms with Gasteiger partial charge in [0.25, 0.3) is 0 Å². The average Bonchev–Trinajstić information content (AvgIpc) is 2.70. The minimum absolute atomic E-state index is 0.0260. The summed E-state index contributed by atoms with van der Waals surface area (Å²) >= 11 is 0. The Labute approximate surface area is 166 Å². The van der Waals surface area contributed by atoms with E-state index in [0.29, 0.717) is 13.1 Å². The summed E-state index contributed by atoms with van der Waals surface area (Å²) < 4.78 is 31.9. The van der Waals surface area contributed by atoms with Crippen molar-refractivity contribution in [3.05, 3.63) is 95.6 Å². The molecule has 0 atom stereocenters. The van der Waals surface area contributed by atoms with Gasteiger partial charge in [-0.25, -0.2) is 13.1 Å². The highest BCUT2D eigenvalue weighted by Crippen LogP contribution is 2.22. The number of para-hydroxylation sites is 1. The van der Waals surface area contributed by atoms with E-state index in [9.17, 15) is 8.42 Å². The first-order valence-corrected chi connectivity index (χ1v) is 10.7. The van der Waals surface area contributed by atoms with Crippen molar-refractivity contribution in [2.45, 2.75) is 18.8 Å². The van der Waals surface area contributed by atoms with Gasteiger partial charge in [-0.1, -0.05) is 54.6 Å². The molecular formula is C22H24N2O3S. The van der Waals surface area contributed by atoms with E-state index in [1.54, 1.807) is 0 Å². The van der Waals surface area contributed by atoms with Crippen molar-refractivity contribution in [1.29, 1.82) is 0 Å². The molecule has 3 aromatic carbocycles. The fourth-order valence-electron chi connectivity index (χ4n) is 2.83. The summed E-state index contributed by atoms with van der Waals surface area (Å²) in [4.78, 5) is 0. The summed E-state index contributed by atoms with van der Waals surface area (Å²) in [6.07, 6.45) is 0. The number of nitrogens with one attached hydrogen (secondary N) is 2. The summed E-state index contributed by atoms with van der Waals surface area (Å²) in [5.74, 6) is 1.56. The maximum absolute atomic E-state index is 11.9. The molecule has 0 saturated carbocycles. The molecular weight excluding hydrogens is 372 g/mol. The summed E-state index contributed by atoms with van der Waals surface area (Å²) in [6.45, 7) is 1.23. The highest BCUT2D eigenvalue weighted by atomic mass is 32.2. The van der Waals surface area contributed by atoms with E-state index in [2.05, 4.69) is 10.0 Å². The normalized spacial score (nSPS) is 11.3. The molecule has 0 radical (unpaired) electrons. The SMILES string of the molecule is CNS(=O)(=O)Cc1ccccc1CNCc1cccc(Oc2ccccc2)c1. The monoisotopic (exact) mass is 396 g/mol. The molecule has 0 bridgehead atoms. The molecule has 3 rings (SSSR count). The molecule has 0 fully saturated rings. The van der Waals surface area contributed by atoms with Crippen LogP contribution in [0.15, 0.2) is 78.9 Å². The van der Waals surface area contributed by atoms with E-state index in [1.165, 1.54) is 7.05 Å². The van der Waals surface area contributed by atoms with Crippen LogP contribution in [0.5, 0.6) is 11.5 Å². The number of ether oxygens (including phenoxy) is 1. The smallest absolute Gasteiger partial charge is 0.215 e. The van der Waals surface area contributed by atoms with Crippen molar-refractivity contribution >= 4 is 10.0 Å². The number of rotatable bonds is 9. The molecule has 0 aliphatic heterocycles. The van der Waals surface area contributed by atoms with Crippen LogP contribution in [-0.2, 0) is 28.9 Å². The minimum Gasteiger partial charge on any atom is -0.457 e. The summed E-state index contributed by atoms with van der Waals surface area (Å²) in [5.41, 5.74) is 2.86. The molecule has 3 aromatic rings. The summed E-state index contributed by atoms with van der Waals surface area (Å²) in [5, 5.41) is 3.38. The number of hydrogen-bond donors (Lipinski definition) is 2. The van der Waals surface area contributed by atoms with E-state index in [0.717, 1.165) is 28.2 Å². The molecule has 0 unspecified atom stereocenters. The quantitative estimate of drug-likeness (QED) is 0.577. The Balaban J connectivity index is 1.61. The van der Waals surface area contributed by atoms with Crippen LogP contribution in [0.25, 0.3) is 0 Å². The highest BCUT2D eigenvalue weighted by molar-refractivity contribution is 7.88. The molecule has 6 heteroatoms. The molecule has 28 heavy (non-hydrogen) atoms. The largest absolute Gasteiger partial charge is 0.457 e. The van der Waals surface area contributed by atoms with Gasteiger partial charge in [0.2, 0.25) is 10.0 Å². The van der Waals surface area contributed by atoms with Crippen molar-refractivity contribution in [3.63, 3.8) is 0 Å². The van der Waals surface area contributed by atoms with Gasteiger partial charge in [0, 0.05) is 13.1 Å². The van der Waals surface area contributed by atoms with Gasteiger partial charge in [0.15, 0.2) is 0 Å². The molecule has 0 heterocycles. The third kappa shape index (κ3) is 5.92. The first kappa shape index (κ1) is 20.1. The Morgan fingerprint density at radius 1 is 0.786 bits per heavy atom. The second-order valence-corrected chi connectivity index (χ2v) is 8.32. The van der Waals surface area contributed by atoms with Crippen LogP contribution in [0.3, 0.4) is 0 Å². The van der Waals surface area contributed by atoms with Crippen LogP contribution in [0.2, 0.25) is 0 Å². The maximum atomic E-state index is 11.9. The Kier molecular flexibility index (Phi) is 6.81. The van der Waals surface area contributed by atoms with Crippen LogP contribution in [0.4, 0.5) is 0 Å². The van der Waals surface area contributed by atoms with Crippen molar-refractivity contribution in [3.8, 4) is 11.5 Å². The third-order valence-corrected chi connectivity index (χ3v) is 5.61. The lowest BCUT2D eigenvalue weighted by Crippen LogP contribution is -2.22.